The Morgan fingerprint density at radius 3 is 2.71 bits per heavy atom. The zero-order valence-electron chi connectivity index (χ0n) is 11.9. The van der Waals surface area contributed by atoms with E-state index in [9.17, 15) is 0 Å². The molecule has 0 saturated carbocycles. The predicted molar refractivity (Wildman–Crippen MR) is 82.6 cm³/mol. The average molecular weight is 281 g/mol. The largest absolute Gasteiger partial charge is 0.329 e. The van der Waals surface area contributed by atoms with Crippen LogP contribution in [0.5, 0.6) is 0 Å². The quantitative estimate of drug-likeness (QED) is 0.747. The molecule has 2 N–H and O–H groups in total. The number of hydrogen-bond acceptors (Lipinski definition) is 4. The molecule has 0 aliphatic heterocycles. The fourth-order valence-corrected chi connectivity index (χ4v) is 2.42. The molecule has 0 fully saturated rings. The molecule has 0 saturated heterocycles. The first kappa shape index (κ1) is 13.7. The maximum atomic E-state index is 5.73. The average Bonchev–Trinajstić information content (AvgIpc) is 2.90. The van der Waals surface area contributed by atoms with Crippen molar-refractivity contribution in [2.24, 2.45) is 5.73 Å². The maximum absolute atomic E-state index is 5.73. The highest BCUT2D eigenvalue weighted by atomic mass is 15.2. The van der Waals surface area contributed by atoms with Crippen LogP contribution in [-0.2, 0) is 13.1 Å². The minimum atomic E-state index is 0.637. The molecule has 1 aromatic carbocycles. The first-order valence-corrected chi connectivity index (χ1v) is 7.10. The van der Waals surface area contributed by atoms with Gasteiger partial charge in [-0.2, -0.15) is 0 Å². The summed E-state index contributed by atoms with van der Waals surface area (Å²) in [5.74, 6) is 0.736. The smallest absolute Gasteiger partial charge is 0.233 e. The first-order valence-electron chi connectivity index (χ1n) is 7.10. The third-order valence-corrected chi connectivity index (χ3v) is 3.37. The van der Waals surface area contributed by atoms with E-state index in [1.165, 1.54) is 5.56 Å². The van der Waals surface area contributed by atoms with Gasteiger partial charge in [0.2, 0.25) is 5.78 Å². The summed E-state index contributed by atoms with van der Waals surface area (Å²) in [5.41, 5.74) is 8.03. The molecule has 0 bridgehead atoms. The number of aromatic nitrogens is 3. The Morgan fingerprint density at radius 2 is 1.95 bits per heavy atom. The summed E-state index contributed by atoms with van der Waals surface area (Å²) in [6.45, 7) is 3.13. The lowest BCUT2D eigenvalue weighted by Crippen LogP contribution is -2.28. The van der Waals surface area contributed by atoms with Crippen LogP contribution < -0.4 is 5.73 Å². The Morgan fingerprint density at radius 1 is 1.10 bits per heavy atom. The SMILES string of the molecule is NCCN(Cc1ccccc1)Cc1cn2cccnc2n1. The van der Waals surface area contributed by atoms with Crippen LogP contribution in [0.3, 0.4) is 0 Å². The number of benzene rings is 1. The van der Waals surface area contributed by atoms with Crippen molar-refractivity contribution in [3.8, 4) is 0 Å². The van der Waals surface area contributed by atoms with Gasteiger partial charge in [0.05, 0.1) is 5.69 Å². The van der Waals surface area contributed by atoms with Crippen LogP contribution >= 0.6 is 0 Å². The summed E-state index contributed by atoms with van der Waals surface area (Å²) in [6, 6.07) is 12.3. The predicted octanol–water partition coefficient (Wildman–Crippen LogP) is 1.69. The highest BCUT2D eigenvalue weighted by molar-refractivity contribution is 5.29. The van der Waals surface area contributed by atoms with E-state index in [0.717, 1.165) is 31.1 Å². The molecular weight excluding hydrogens is 262 g/mol. The number of imidazole rings is 1. The van der Waals surface area contributed by atoms with Gasteiger partial charge in [-0.15, -0.1) is 0 Å². The van der Waals surface area contributed by atoms with Crippen molar-refractivity contribution in [2.45, 2.75) is 13.1 Å². The minimum Gasteiger partial charge on any atom is -0.329 e. The Kier molecular flexibility index (Phi) is 4.23. The molecule has 0 aliphatic rings. The van der Waals surface area contributed by atoms with Crippen molar-refractivity contribution in [3.63, 3.8) is 0 Å². The molecule has 0 aliphatic carbocycles. The van der Waals surface area contributed by atoms with Crippen LogP contribution in [0.4, 0.5) is 0 Å². The van der Waals surface area contributed by atoms with Crippen molar-refractivity contribution in [1.82, 2.24) is 19.3 Å². The number of nitrogens with two attached hydrogens (primary N) is 1. The molecule has 5 nitrogen and oxygen atoms in total. The zero-order chi connectivity index (χ0) is 14.5. The lowest BCUT2D eigenvalue weighted by Gasteiger charge is -2.20. The molecule has 3 rings (SSSR count). The van der Waals surface area contributed by atoms with Gasteiger partial charge in [-0.1, -0.05) is 30.3 Å². The van der Waals surface area contributed by atoms with Crippen molar-refractivity contribution < 1.29 is 0 Å². The summed E-state index contributed by atoms with van der Waals surface area (Å²) in [5, 5.41) is 0. The van der Waals surface area contributed by atoms with Gasteiger partial charge < -0.3 is 5.73 Å². The number of rotatable bonds is 6. The summed E-state index contributed by atoms with van der Waals surface area (Å²) in [7, 11) is 0. The van der Waals surface area contributed by atoms with Crippen molar-refractivity contribution in [1.29, 1.82) is 0 Å². The van der Waals surface area contributed by atoms with E-state index in [1.54, 1.807) is 6.20 Å². The van der Waals surface area contributed by atoms with E-state index in [1.807, 2.05) is 28.9 Å². The summed E-state index contributed by atoms with van der Waals surface area (Å²) < 4.78 is 1.94. The summed E-state index contributed by atoms with van der Waals surface area (Å²) >= 11 is 0. The summed E-state index contributed by atoms with van der Waals surface area (Å²) in [4.78, 5) is 11.1. The third-order valence-electron chi connectivity index (χ3n) is 3.37. The van der Waals surface area contributed by atoms with Gasteiger partial charge in [-0.25, -0.2) is 9.97 Å². The van der Waals surface area contributed by atoms with Crippen molar-refractivity contribution in [3.05, 3.63) is 66.2 Å². The van der Waals surface area contributed by atoms with Crippen LogP contribution in [0.25, 0.3) is 5.78 Å². The molecule has 108 valence electrons. The van der Waals surface area contributed by atoms with E-state index < -0.39 is 0 Å². The standard InChI is InChI=1S/C16H19N5/c17-7-10-20(11-14-5-2-1-3-6-14)12-15-13-21-9-4-8-18-16(21)19-15/h1-6,8-9,13H,7,10-12,17H2. The molecule has 0 unspecified atom stereocenters. The lowest BCUT2D eigenvalue weighted by atomic mass is 10.2. The molecule has 21 heavy (non-hydrogen) atoms. The van der Waals surface area contributed by atoms with Gasteiger partial charge in [0.15, 0.2) is 0 Å². The molecule has 0 amide bonds. The molecule has 0 radical (unpaired) electrons. The van der Waals surface area contributed by atoms with E-state index in [0.29, 0.717) is 6.54 Å². The van der Waals surface area contributed by atoms with E-state index >= 15 is 0 Å². The monoisotopic (exact) mass is 281 g/mol. The Labute approximate surface area is 124 Å². The van der Waals surface area contributed by atoms with E-state index in [2.05, 4.69) is 39.1 Å². The second-order valence-electron chi connectivity index (χ2n) is 5.04. The van der Waals surface area contributed by atoms with Gasteiger partial charge in [-0.05, 0) is 11.6 Å². The number of nitrogens with zero attached hydrogens (tertiary/aromatic N) is 4. The van der Waals surface area contributed by atoms with Crippen LogP contribution in [0.1, 0.15) is 11.3 Å². The molecular formula is C16H19N5. The van der Waals surface area contributed by atoms with Crippen LogP contribution in [-0.4, -0.2) is 32.4 Å². The highest BCUT2D eigenvalue weighted by Crippen LogP contribution is 2.09. The fraction of sp³-hybridized carbons (Fsp3) is 0.250. The Hall–Kier alpha value is -2.24. The Balaban J connectivity index is 1.75. The van der Waals surface area contributed by atoms with Gasteiger partial charge in [0.1, 0.15) is 0 Å². The lowest BCUT2D eigenvalue weighted by molar-refractivity contribution is 0.261. The third kappa shape index (κ3) is 3.45. The number of fused-ring (bicyclic) bond motifs is 1. The molecule has 5 heteroatoms. The van der Waals surface area contributed by atoms with Crippen molar-refractivity contribution in [2.75, 3.05) is 13.1 Å². The minimum absolute atomic E-state index is 0.637. The van der Waals surface area contributed by atoms with E-state index in [-0.39, 0.29) is 0 Å². The Bertz CT molecular complexity index is 659. The highest BCUT2D eigenvalue weighted by Gasteiger charge is 2.09. The molecule has 0 spiro atoms. The first-order chi connectivity index (χ1) is 10.3. The van der Waals surface area contributed by atoms with Gasteiger partial charge in [-0.3, -0.25) is 9.30 Å². The molecule has 2 aromatic heterocycles. The van der Waals surface area contributed by atoms with Gasteiger partial charge in [0.25, 0.3) is 0 Å². The number of hydrogen-bond donors (Lipinski definition) is 1. The topological polar surface area (TPSA) is 59.5 Å². The van der Waals surface area contributed by atoms with E-state index in [4.69, 9.17) is 5.73 Å². The zero-order valence-corrected chi connectivity index (χ0v) is 11.9. The molecule has 2 heterocycles. The van der Waals surface area contributed by atoms with Gasteiger partial charge in [0, 0.05) is 44.8 Å². The second kappa shape index (κ2) is 6.47. The summed E-state index contributed by atoms with van der Waals surface area (Å²) in [6.07, 6.45) is 5.74. The maximum Gasteiger partial charge on any atom is 0.233 e. The fourth-order valence-electron chi connectivity index (χ4n) is 2.42. The van der Waals surface area contributed by atoms with Crippen LogP contribution in [0.15, 0.2) is 55.0 Å². The normalized spacial score (nSPS) is 11.3. The van der Waals surface area contributed by atoms with Crippen molar-refractivity contribution >= 4 is 5.78 Å². The molecule has 0 atom stereocenters. The van der Waals surface area contributed by atoms with Crippen LogP contribution in [0.2, 0.25) is 0 Å². The van der Waals surface area contributed by atoms with Gasteiger partial charge >= 0.3 is 0 Å². The molecule has 3 aromatic rings. The second-order valence-corrected chi connectivity index (χ2v) is 5.04. The van der Waals surface area contributed by atoms with Crippen LogP contribution in [0, 0.1) is 0 Å².